The van der Waals surface area contributed by atoms with Crippen molar-refractivity contribution in [3.63, 3.8) is 0 Å². The van der Waals surface area contributed by atoms with Crippen molar-refractivity contribution in [1.82, 2.24) is 0 Å². The van der Waals surface area contributed by atoms with E-state index in [4.69, 9.17) is 0 Å². The van der Waals surface area contributed by atoms with Gasteiger partial charge in [0.05, 0.1) is 0 Å². The van der Waals surface area contributed by atoms with Gasteiger partial charge in [0.1, 0.15) is 11.6 Å². The zero-order valence-corrected chi connectivity index (χ0v) is 9.86. The summed E-state index contributed by atoms with van der Waals surface area (Å²) >= 11 is 3.35. The van der Waals surface area contributed by atoms with Crippen LogP contribution < -0.4 is 0 Å². The number of halogens is 3. The van der Waals surface area contributed by atoms with Gasteiger partial charge in [0.15, 0.2) is 0 Å². The summed E-state index contributed by atoms with van der Waals surface area (Å²) in [5, 5.41) is 1.17. The van der Waals surface area contributed by atoms with Crippen molar-refractivity contribution in [1.29, 1.82) is 0 Å². The fourth-order valence-electron chi connectivity index (χ4n) is 0.804. The number of rotatable bonds is 3. The van der Waals surface area contributed by atoms with Crippen molar-refractivity contribution in [2.75, 3.05) is 5.33 Å². The number of alkyl halides is 1. The second-order valence-electron chi connectivity index (χ2n) is 2.84. The van der Waals surface area contributed by atoms with Gasteiger partial charge in [0, 0.05) is 11.4 Å². The van der Waals surface area contributed by atoms with Gasteiger partial charge in [-0.15, -0.1) is 0 Å². The molecule has 3 heteroatoms. The molecule has 0 aliphatic rings. The minimum atomic E-state index is -0.537. The van der Waals surface area contributed by atoms with Crippen molar-refractivity contribution in [2.24, 2.45) is 0 Å². The molecule has 0 aromatic heterocycles. The highest BCUT2D eigenvalue weighted by Gasteiger charge is 1.88. The number of benzene rings is 1. The molecule has 1 aromatic carbocycles. The zero-order chi connectivity index (χ0) is 10.8. The first kappa shape index (κ1) is 13.6. The lowest BCUT2D eigenvalue weighted by Crippen LogP contribution is -1.73. The van der Waals surface area contributed by atoms with E-state index in [-0.39, 0.29) is 0 Å². The minimum absolute atomic E-state index is 0.537. The van der Waals surface area contributed by atoms with E-state index >= 15 is 0 Å². The Hall–Kier alpha value is -0.440. The molecule has 1 aromatic rings. The molecule has 14 heavy (non-hydrogen) atoms. The number of unbranched alkanes of at least 4 members (excludes halogenated alkanes) is 2. The lowest BCUT2D eigenvalue weighted by molar-refractivity contribution is 0.583. The van der Waals surface area contributed by atoms with Crippen LogP contribution in [0.15, 0.2) is 24.3 Å². The Morgan fingerprint density at radius 1 is 1.14 bits per heavy atom. The van der Waals surface area contributed by atoms with Gasteiger partial charge in [0.25, 0.3) is 0 Å². The molecule has 0 nitrogen and oxygen atoms in total. The third-order valence-electron chi connectivity index (χ3n) is 1.52. The average molecular weight is 265 g/mol. The van der Waals surface area contributed by atoms with E-state index in [1.807, 2.05) is 0 Å². The Balaban J connectivity index is 0.000000255. The summed E-state index contributed by atoms with van der Waals surface area (Å²) in [6.45, 7) is 2.21. The van der Waals surface area contributed by atoms with Gasteiger partial charge in [-0.25, -0.2) is 8.78 Å². The molecule has 80 valence electrons. The van der Waals surface area contributed by atoms with E-state index < -0.39 is 11.6 Å². The van der Waals surface area contributed by atoms with Gasteiger partial charge in [-0.1, -0.05) is 41.8 Å². The molecule has 0 N–H and O–H groups in total. The summed E-state index contributed by atoms with van der Waals surface area (Å²) in [7, 11) is 0. The van der Waals surface area contributed by atoms with Gasteiger partial charge >= 0.3 is 0 Å². The van der Waals surface area contributed by atoms with Crippen molar-refractivity contribution in [3.8, 4) is 0 Å². The fraction of sp³-hybridized carbons (Fsp3) is 0.455. The molecule has 1 rings (SSSR count). The average Bonchev–Trinajstić information content (AvgIpc) is 2.15. The second-order valence-corrected chi connectivity index (χ2v) is 3.63. The van der Waals surface area contributed by atoms with Crippen LogP contribution in [0.25, 0.3) is 0 Å². The number of hydrogen-bond acceptors (Lipinski definition) is 0. The molecule has 0 aliphatic heterocycles. The second kappa shape index (κ2) is 9.13. The Bertz CT molecular complexity index is 217. The predicted octanol–water partition coefficient (Wildman–Crippen LogP) is 4.54. The lowest BCUT2D eigenvalue weighted by Gasteiger charge is -1.85. The summed E-state index contributed by atoms with van der Waals surface area (Å²) in [5.74, 6) is -1.07. The monoisotopic (exact) mass is 264 g/mol. The summed E-state index contributed by atoms with van der Waals surface area (Å²) in [4.78, 5) is 0. The largest absolute Gasteiger partial charge is 0.207 e. The SMILES string of the molecule is CCCCCBr.Fc1cccc(F)c1. The minimum Gasteiger partial charge on any atom is -0.207 e. The molecule has 0 saturated carbocycles. The molecule has 0 spiro atoms. The smallest absolute Gasteiger partial charge is 0.126 e. The van der Waals surface area contributed by atoms with Crippen LogP contribution in [0.3, 0.4) is 0 Å². The van der Waals surface area contributed by atoms with Gasteiger partial charge in [-0.05, 0) is 18.6 Å². The summed E-state index contributed by atoms with van der Waals surface area (Å²) < 4.78 is 23.9. The van der Waals surface area contributed by atoms with Crippen molar-refractivity contribution < 1.29 is 8.78 Å². The lowest BCUT2D eigenvalue weighted by atomic mass is 10.3. The molecule has 0 radical (unpaired) electrons. The van der Waals surface area contributed by atoms with Gasteiger partial charge in [-0.2, -0.15) is 0 Å². The van der Waals surface area contributed by atoms with Crippen molar-refractivity contribution >= 4 is 15.9 Å². The fourth-order valence-corrected chi connectivity index (χ4v) is 1.20. The Kier molecular flexibility index (Phi) is 8.84. The molecular formula is C11H15BrF2. The summed E-state index contributed by atoms with van der Waals surface area (Å²) in [6, 6.07) is 4.55. The molecule has 0 amide bonds. The van der Waals surface area contributed by atoms with Crippen LogP contribution in [0.5, 0.6) is 0 Å². The zero-order valence-electron chi connectivity index (χ0n) is 8.27. The predicted molar refractivity (Wildman–Crippen MR) is 59.7 cm³/mol. The van der Waals surface area contributed by atoms with Crippen LogP contribution in [-0.4, -0.2) is 5.33 Å². The van der Waals surface area contributed by atoms with E-state index in [1.54, 1.807) is 0 Å². The van der Waals surface area contributed by atoms with Gasteiger partial charge in [0.2, 0.25) is 0 Å². The third kappa shape index (κ3) is 8.17. The van der Waals surface area contributed by atoms with E-state index in [2.05, 4.69) is 22.9 Å². The summed E-state index contributed by atoms with van der Waals surface area (Å²) in [6.07, 6.45) is 4.02. The highest BCUT2D eigenvalue weighted by molar-refractivity contribution is 9.09. The molecular weight excluding hydrogens is 250 g/mol. The van der Waals surface area contributed by atoms with E-state index in [1.165, 1.54) is 42.8 Å². The van der Waals surface area contributed by atoms with Crippen LogP contribution in [0.1, 0.15) is 26.2 Å². The van der Waals surface area contributed by atoms with Crippen LogP contribution in [0, 0.1) is 11.6 Å². The Labute approximate surface area is 92.5 Å². The van der Waals surface area contributed by atoms with E-state index in [0.29, 0.717) is 0 Å². The third-order valence-corrected chi connectivity index (χ3v) is 2.08. The van der Waals surface area contributed by atoms with Gasteiger partial charge < -0.3 is 0 Å². The molecule has 0 unspecified atom stereocenters. The highest BCUT2D eigenvalue weighted by Crippen LogP contribution is 1.99. The van der Waals surface area contributed by atoms with Crippen LogP contribution >= 0.6 is 15.9 Å². The normalized spacial score (nSPS) is 9.14. The molecule has 0 fully saturated rings. The maximum atomic E-state index is 11.9. The molecule has 0 heterocycles. The Morgan fingerprint density at radius 3 is 1.93 bits per heavy atom. The quantitative estimate of drug-likeness (QED) is 0.556. The molecule has 0 saturated heterocycles. The van der Waals surface area contributed by atoms with Crippen molar-refractivity contribution in [2.45, 2.75) is 26.2 Å². The van der Waals surface area contributed by atoms with Crippen molar-refractivity contribution in [3.05, 3.63) is 35.9 Å². The van der Waals surface area contributed by atoms with E-state index in [9.17, 15) is 8.78 Å². The topological polar surface area (TPSA) is 0 Å². The number of hydrogen-bond donors (Lipinski definition) is 0. The standard InChI is InChI=1S/C6H4F2.C5H11Br/c7-5-2-1-3-6(8)4-5;1-2-3-4-5-6/h1-4H;2-5H2,1H3. The first-order valence-electron chi connectivity index (χ1n) is 4.67. The van der Waals surface area contributed by atoms with E-state index in [0.717, 1.165) is 6.07 Å². The Morgan fingerprint density at radius 2 is 1.71 bits per heavy atom. The molecule has 0 aliphatic carbocycles. The maximum Gasteiger partial charge on any atom is 0.126 e. The highest BCUT2D eigenvalue weighted by atomic mass is 79.9. The molecule has 0 bridgehead atoms. The maximum absolute atomic E-state index is 11.9. The van der Waals surface area contributed by atoms with Gasteiger partial charge in [-0.3, -0.25) is 0 Å². The molecule has 0 atom stereocenters. The summed E-state index contributed by atoms with van der Waals surface area (Å²) in [5.41, 5.74) is 0. The first-order valence-corrected chi connectivity index (χ1v) is 5.80. The van der Waals surface area contributed by atoms with Crippen LogP contribution in [0.4, 0.5) is 8.78 Å². The van der Waals surface area contributed by atoms with Crippen LogP contribution in [0.2, 0.25) is 0 Å². The van der Waals surface area contributed by atoms with Crippen LogP contribution in [-0.2, 0) is 0 Å². The first-order chi connectivity index (χ1) is 6.70.